The topological polar surface area (TPSA) is 26.3 Å². The van der Waals surface area contributed by atoms with Crippen LogP contribution < -0.4 is 20.7 Å². The molecule has 0 aliphatic heterocycles. The Labute approximate surface area is 166 Å². The fraction of sp³-hybridized carbons (Fsp3) is 0. The summed E-state index contributed by atoms with van der Waals surface area (Å²) in [7, 11) is -0.844. The van der Waals surface area contributed by atoms with Crippen molar-refractivity contribution in [1.29, 1.82) is 0 Å². The van der Waals surface area contributed by atoms with E-state index in [1.165, 1.54) is 10.6 Å². The molecular formula is C25H19O2P. The Bertz CT molecular complexity index is 1010. The van der Waals surface area contributed by atoms with Crippen LogP contribution in [0.25, 0.3) is 0 Å². The van der Waals surface area contributed by atoms with Crippen LogP contribution in [0, 0.1) is 0 Å². The van der Waals surface area contributed by atoms with E-state index in [4.69, 9.17) is 4.74 Å². The van der Waals surface area contributed by atoms with Crippen LogP contribution in [0.5, 0.6) is 5.75 Å². The maximum atomic E-state index is 12.6. The summed E-state index contributed by atoms with van der Waals surface area (Å²) in [6.07, 6.45) is 0. The molecular weight excluding hydrogens is 363 g/mol. The van der Waals surface area contributed by atoms with Crippen LogP contribution in [0.4, 0.5) is 0 Å². The van der Waals surface area contributed by atoms with Gasteiger partial charge in [-0.15, -0.1) is 0 Å². The molecule has 2 nitrogen and oxygen atoms in total. The lowest BCUT2D eigenvalue weighted by atomic mass is 10.2. The minimum Gasteiger partial charge on any atom is -0.422 e. The van der Waals surface area contributed by atoms with Crippen LogP contribution in [-0.4, -0.2) is 5.97 Å². The Kier molecular flexibility index (Phi) is 5.61. The van der Waals surface area contributed by atoms with Gasteiger partial charge in [0.25, 0.3) is 0 Å². The highest BCUT2D eigenvalue weighted by atomic mass is 31.1. The Balaban J connectivity index is 1.77. The van der Waals surface area contributed by atoms with E-state index < -0.39 is 7.92 Å². The molecule has 4 aromatic carbocycles. The molecule has 0 saturated heterocycles. The molecule has 28 heavy (non-hydrogen) atoms. The van der Waals surface area contributed by atoms with Crippen molar-refractivity contribution in [2.24, 2.45) is 0 Å². The summed E-state index contributed by atoms with van der Waals surface area (Å²) < 4.78 is 5.83. The van der Waals surface area contributed by atoms with E-state index in [-0.39, 0.29) is 5.97 Å². The third-order valence-electron chi connectivity index (χ3n) is 4.35. The first kappa shape index (κ1) is 18.2. The molecule has 0 aliphatic carbocycles. The molecule has 3 heteroatoms. The van der Waals surface area contributed by atoms with Gasteiger partial charge in [-0.3, -0.25) is 0 Å². The second-order valence-corrected chi connectivity index (χ2v) is 8.42. The van der Waals surface area contributed by atoms with Crippen molar-refractivity contribution in [3.05, 3.63) is 121 Å². The molecule has 4 aromatic rings. The van der Waals surface area contributed by atoms with Gasteiger partial charge in [0.15, 0.2) is 0 Å². The van der Waals surface area contributed by atoms with Crippen LogP contribution in [0.15, 0.2) is 115 Å². The van der Waals surface area contributed by atoms with Gasteiger partial charge in [0.2, 0.25) is 0 Å². The Morgan fingerprint density at radius 1 is 0.571 bits per heavy atom. The molecule has 0 radical (unpaired) electrons. The molecule has 0 fully saturated rings. The first-order valence-electron chi connectivity index (χ1n) is 9.09. The summed E-state index contributed by atoms with van der Waals surface area (Å²) in [6.45, 7) is 0. The fourth-order valence-corrected chi connectivity index (χ4v) is 5.41. The number of carbonyl (C=O) groups excluding carboxylic acids is 1. The van der Waals surface area contributed by atoms with Crippen molar-refractivity contribution >= 4 is 29.8 Å². The molecule has 0 amide bonds. The molecule has 0 aromatic heterocycles. The minimum atomic E-state index is -0.844. The first-order chi connectivity index (χ1) is 13.8. The number of esters is 1. The number of hydrogen-bond donors (Lipinski definition) is 0. The maximum Gasteiger partial charge on any atom is 0.343 e. The summed E-state index contributed by atoms with van der Waals surface area (Å²) in [4.78, 5) is 12.6. The molecule has 0 heterocycles. The van der Waals surface area contributed by atoms with Crippen molar-refractivity contribution in [3.8, 4) is 5.75 Å². The van der Waals surface area contributed by atoms with Crippen molar-refractivity contribution in [3.63, 3.8) is 0 Å². The summed E-state index contributed by atoms with van der Waals surface area (Å²) in [5.41, 5.74) is 0.543. The molecule has 0 aliphatic rings. The average Bonchev–Trinajstić information content (AvgIpc) is 2.77. The summed E-state index contributed by atoms with van der Waals surface area (Å²) in [6, 6.07) is 37.7. The van der Waals surface area contributed by atoms with Gasteiger partial charge in [-0.1, -0.05) is 97.1 Å². The van der Waals surface area contributed by atoms with E-state index in [1.54, 1.807) is 12.1 Å². The molecule has 0 bridgehead atoms. The Hall–Kier alpha value is -3.22. The molecule has 0 saturated carbocycles. The predicted molar refractivity (Wildman–Crippen MR) is 117 cm³/mol. The van der Waals surface area contributed by atoms with E-state index in [1.807, 2.05) is 72.8 Å². The first-order valence-corrected chi connectivity index (χ1v) is 10.4. The van der Waals surface area contributed by atoms with Crippen LogP contribution in [0.3, 0.4) is 0 Å². The number of benzene rings is 4. The Morgan fingerprint density at radius 3 is 1.61 bits per heavy atom. The lowest BCUT2D eigenvalue weighted by molar-refractivity contribution is 0.0736. The summed E-state index contributed by atoms with van der Waals surface area (Å²) >= 11 is 0. The SMILES string of the molecule is O=C(Oc1ccccc1P(c1ccccc1)c1ccccc1)c1ccccc1. The lowest BCUT2D eigenvalue weighted by Crippen LogP contribution is -2.23. The number of para-hydroxylation sites is 1. The zero-order chi connectivity index (χ0) is 19.2. The lowest BCUT2D eigenvalue weighted by Gasteiger charge is -2.21. The zero-order valence-electron chi connectivity index (χ0n) is 15.2. The summed E-state index contributed by atoms with van der Waals surface area (Å²) in [5, 5.41) is 3.46. The monoisotopic (exact) mass is 382 g/mol. The van der Waals surface area contributed by atoms with Gasteiger partial charge in [-0.2, -0.15) is 0 Å². The smallest absolute Gasteiger partial charge is 0.343 e. The molecule has 0 atom stereocenters. The van der Waals surface area contributed by atoms with Gasteiger partial charge in [-0.05, 0) is 36.7 Å². The van der Waals surface area contributed by atoms with Crippen molar-refractivity contribution in [2.45, 2.75) is 0 Å². The molecule has 0 N–H and O–H groups in total. The third-order valence-corrected chi connectivity index (χ3v) is 6.83. The molecule has 136 valence electrons. The summed E-state index contributed by atoms with van der Waals surface area (Å²) in [5.74, 6) is 0.263. The second-order valence-electron chi connectivity index (χ2n) is 6.23. The predicted octanol–water partition coefficient (Wildman–Crippen LogP) is 4.66. The van der Waals surface area contributed by atoms with Crippen LogP contribution in [0.1, 0.15) is 10.4 Å². The van der Waals surface area contributed by atoms with E-state index >= 15 is 0 Å². The Morgan fingerprint density at radius 2 is 1.04 bits per heavy atom. The number of carbonyl (C=O) groups is 1. The highest BCUT2D eigenvalue weighted by Crippen LogP contribution is 2.36. The van der Waals surface area contributed by atoms with Gasteiger partial charge in [0, 0.05) is 5.30 Å². The van der Waals surface area contributed by atoms with E-state index in [2.05, 4.69) is 30.3 Å². The maximum absolute atomic E-state index is 12.6. The number of rotatable bonds is 5. The van der Waals surface area contributed by atoms with Gasteiger partial charge >= 0.3 is 5.97 Å². The molecule has 4 rings (SSSR count). The quantitative estimate of drug-likeness (QED) is 0.285. The largest absolute Gasteiger partial charge is 0.422 e. The minimum absolute atomic E-state index is 0.343. The van der Waals surface area contributed by atoms with Gasteiger partial charge in [-0.25, -0.2) is 4.79 Å². The third kappa shape index (κ3) is 4.03. The van der Waals surface area contributed by atoms with E-state index in [0.717, 1.165) is 5.30 Å². The van der Waals surface area contributed by atoms with Crippen LogP contribution >= 0.6 is 7.92 Å². The molecule has 0 unspecified atom stereocenters. The zero-order valence-corrected chi connectivity index (χ0v) is 16.1. The van der Waals surface area contributed by atoms with Crippen molar-refractivity contribution in [2.75, 3.05) is 0 Å². The van der Waals surface area contributed by atoms with E-state index in [0.29, 0.717) is 11.3 Å². The van der Waals surface area contributed by atoms with Crippen LogP contribution in [-0.2, 0) is 0 Å². The number of ether oxygens (including phenoxy) is 1. The standard InChI is InChI=1S/C25H19O2P/c26-25(20-12-4-1-5-13-20)27-23-18-10-11-19-24(23)28(21-14-6-2-7-15-21)22-16-8-3-9-17-22/h1-19H. The van der Waals surface area contributed by atoms with Crippen molar-refractivity contribution < 1.29 is 9.53 Å². The van der Waals surface area contributed by atoms with Gasteiger partial charge in [0.05, 0.1) is 5.56 Å². The second kappa shape index (κ2) is 8.65. The highest BCUT2D eigenvalue weighted by Gasteiger charge is 2.21. The van der Waals surface area contributed by atoms with Crippen LogP contribution in [0.2, 0.25) is 0 Å². The number of hydrogen-bond acceptors (Lipinski definition) is 2. The van der Waals surface area contributed by atoms with E-state index in [9.17, 15) is 4.79 Å². The highest BCUT2D eigenvalue weighted by molar-refractivity contribution is 7.80. The average molecular weight is 382 g/mol. The molecule has 0 spiro atoms. The normalized spacial score (nSPS) is 10.6. The van der Waals surface area contributed by atoms with Gasteiger partial charge in [0.1, 0.15) is 5.75 Å². The van der Waals surface area contributed by atoms with Gasteiger partial charge < -0.3 is 4.74 Å². The fourth-order valence-electron chi connectivity index (χ4n) is 3.04. The van der Waals surface area contributed by atoms with Crippen molar-refractivity contribution in [1.82, 2.24) is 0 Å².